The zero-order chi connectivity index (χ0) is 13.1. The average Bonchev–Trinajstić information content (AvgIpc) is 2.72. The first-order valence-corrected chi connectivity index (χ1v) is 6.86. The Balaban J connectivity index is 2.03. The number of nitrogens with two attached hydrogens (primary N) is 1. The average molecular weight is 262 g/mol. The standard InChI is InChI=1S/C13H18N4S/c1-9-4-5-11(10(2)6-9)12(14)7-18-13-15-8-16-17(13)3/h4-6,8,12H,7,14H2,1-3H3. The Hall–Kier alpha value is -1.33. The summed E-state index contributed by atoms with van der Waals surface area (Å²) in [6, 6.07) is 6.41. The molecular formula is C13H18N4S. The largest absolute Gasteiger partial charge is 0.323 e. The van der Waals surface area contributed by atoms with Crippen LogP contribution in [0.2, 0.25) is 0 Å². The van der Waals surface area contributed by atoms with Crippen LogP contribution in [0.4, 0.5) is 0 Å². The van der Waals surface area contributed by atoms with Crippen LogP contribution in [0.5, 0.6) is 0 Å². The van der Waals surface area contributed by atoms with Gasteiger partial charge >= 0.3 is 0 Å². The molecule has 0 aliphatic carbocycles. The Labute approximate surface area is 112 Å². The first kappa shape index (κ1) is 13.1. The zero-order valence-corrected chi connectivity index (χ0v) is 11.7. The molecule has 5 heteroatoms. The third kappa shape index (κ3) is 2.91. The van der Waals surface area contributed by atoms with E-state index in [1.165, 1.54) is 16.7 Å². The molecule has 4 nitrogen and oxygen atoms in total. The summed E-state index contributed by atoms with van der Waals surface area (Å²) in [7, 11) is 1.89. The van der Waals surface area contributed by atoms with E-state index in [-0.39, 0.29) is 6.04 Å². The van der Waals surface area contributed by atoms with Gasteiger partial charge in [-0.15, -0.1) is 0 Å². The van der Waals surface area contributed by atoms with Crippen molar-refractivity contribution in [1.82, 2.24) is 14.8 Å². The highest BCUT2D eigenvalue weighted by atomic mass is 32.2. The van der Waals surface area contributed by atoms with Crippen molar-refractivity contribution in [2.45, 2.75) is 25.0 Å². The summed E-state index contributed by atoms with van der Waals surface area (Å²) in [6.07, 6.45) is 1.56. The number of thioether (sulfide) groups is 1. The van der Waals surface area contributed by atoms with Crippen LogP contribution in [-0.4, -0.2) is 20.5 Å². The van der Waals surface area contributed by atoms with Gasteiger partial charge in [-0.25, -0.2) is 9.67 Å². The molecule has 2 rings (SSSR count). The number of aromatic nitrogens is 3. The molecule has 0 saturated carbocycles. The lowest BCUT2D eigenvalue weighted by Crippen LogP contribution is -2.15. The van der Waals surface area contributed by atoms with Crippen LogP contribution in [0.25, 0.3) is 0 Å². The molecule has 0 aliphatic rings. The van der Waals surface area contributed by atoms with E-state index in [1.54, 1.807) is 22.8 Å². The second-order valence-electron chi connectivity index (χ2n) is 4.44. The molecule has 18 heavy (non-hydrogen) atoms. The number of nitrogens with zero attached hydrogens (tertiary/aromatic N) is 3. The maximum atomic E-state index is 6.23. The molecule has 0 fully saturated rings. The summed E-state index contributed by atoms with van der Waals surface area (Å²) in [5.74, 6) is 0.802. The van der Waals surface area contributed by atoms with Crippen molar-refractivity contribution in [2.75, 3.05) is 5.75 Å². The fourth-order valence-corrected chi connectivity index (χ4v) is 2.78. The van der Waals surface area contributed by atoms with Crippen LogP contribution in [0.1, 0.15) is 22.7 Å². The van der Waals surface area contributed by atoms with Gasteiger partial charge in [-0.2, -0.15) is 5.10 Å². The smallest absolute Gasteiger partial charge is 0.185 e. The molecule has 0 bridgehead atoms. The third-order valence-corrected chi connectivity index (χ3v) is 4.04. The summed E-state index contributed by atoms with van der Waals surface area (Å²) in [6.45, 7) is 4.20. The molecule has 0 amide bonds. The highest BCUT2D eigenvalue weighted by molar-refractivity contribution is 7.99. The maximum Gasteiger partial charge on any atom is 0.185 e. The summed E-state index contributed by atoms with van der Waals surface area (Å²) < 4.78 is 1.76. The Kier molecular flexibility index (Phi) is 4.04. The summed E-state index contributed by atoms with van der Waals surface area (Å²) in [4.78, 5) is 4.18. The molecule has 0 aliphatic heterocycles. The Morgan fingerprint density at radius 1 is 1.39 bits per heavy atom. The first-order valence-electron chi connectivity index (χ1n) is 5.87. The van der Waals surface area contributed by atoms with Crippen LogP contribution in [0.15, 0.2) is 29.7 Å². The normalized spacial score (nSPS) is 12.7. The maximum absolute atomic E-state index is 6.23. The van der Waals surface area contributed by atoms with Crippen molar-refractivity contribution in [1.29, 1.82) is 0 Å². The van der Waals surface area contributed by atoms with E-state index < -0.39 is 0 Å². The molecule has 96 valence electrons. The number of hydrogen-bond donors (Lipinski definition) is 1. The number of aryl methyl sites for hydroxylation is 3. The molecule has 0 saturated heterocycles. The Bertz CT molecular complexity index is 536. The van der Waals surface area contributed by atoms with E-state index in [0.29, 0.717) is 0 Å². The minimum absolute atomic E-state index is 0.0206. The topological polar surface area (TPSA) is 56.7 Å². The van der Waals surface area contributed by atoms with E-state index in [1.807, 2.05) is 7.05 Å². The Morgan fingerprint density at radius 3 is 2.78 bits per heavy atom. The highest BCUT2D eigenvalue weighted by Crippen LogP contribution is 2.23. The molecule has 0 spiro atoms. The van der Waals surface area contributed by atoms with Crippen LogP contribution < -0.4 is 5.73 Å². The lowest BCUT2D eigenvalue weighted by molar-refractivity contribution is 0.683. The van der Waals surface area contributed by atoms with Gasteiger partial charge < -0.3 is 5.73 Å². The van der Waals surface area contributed by atoms with Crippen LogP contribution >= 0.6 is 11.8 Å². The van der Waals surface area contributed by atoms with Gasteiger partial charge in [0, 0.05) is 18.8 Å². The molecule has 2 N–H and O–H groups in total. The number of rotatable bonds is 4. The van der Waals surface area contributed by atoms with Gasteiger partial charge in [0.05, 0.1) is 0 Å². The van der Waals surface area contributed by atoms with Gasteiger partial charge in [-0.05, 0) is 25.0 Å². The summed E-state index contributed by atoms with van der Waals surface area (Å²) in [5.41, 5.74) is 9.96. The lowest BCUT2D eigenvalue weighted by atomic mass is 10.0. The van der Waals surface area contributed by atoms with Crippen LogP contribution in [-0.2, 0) is 7.05 Å². The third-order valence-electron chi connectivity index (χ3n) is 2.89. The predicted molar refractivity (Wildman–Crippen MR) is 74.6 cm³/mol. The quantitative estimate of drug-likeness (QED) is 0.858. The van der Waals surface area contributed by atoms with Crippen LogP contribution in [0.3, 0.4) is 0 Å². The zero-order valence-electron chi connectivity index (χ0n) is 10.9. The highest BCUT2D eigenvalue weighted by Gasteiger charge is 2.11. The molecule has 1 unspecified atom stereocenters. The second kappa shape index (κ2) is 5.54. The van der Waals surface area contributed by atoms with Gasteiger partial charge in [0.15, 0.2) is 5.16 Å². The van der Waals surface area contributed by atoms with Gasteiger partial charge in [0.2, 0.25) is 0 Å². The second-order valence-corrected chi connectivity index (χ2v) is 5.43. The van der Waals surface area contributed by atoms with Crippen LogP contribution in [0, 0.1) is 13.8 Å². The van der Waals surface area contributed by atoms with E-state index in [2.05, 4.69) is 42.1 Å². The van der Waals surface area contributed by atoms with Gasteiger partial charge in [-0.3, -0.25) is 0 Å². The summed E-state index contributed by atoms with van der Waals surface area (Å²) >= 11 is 1.63. The van der Waals surface area contributed by atoms with Crippen molar-refractivity contribution in [2.24, 2.45) is 12.8 Å². The molecule has 1 heterocycles. The minimum Gasteiger partial charge on any atom is -0.323 e. The van der Waals surface area contributed by atoms with Crippen molar-refractivity contribution in [3.05, 3.63) is 41.2 Å². The molecule has 0 radical (unpaired) electrons. The van der Waals surface area contributed by atoms with E-state index in [0.717, 1.165) is 10.9 Å². The van der Waals surface area contributed by atoms with Gasteiger partial charge in [-0.1, -0.05) is 35.5 Å². The fraction of sp³-hybridized carbons (Fsp3) is 0.385. The predicted octanol–water partition coefficient (Wildman–Crippen LogP) is 2.22. The molecule has 2 aromatic rings. The fourth-order valence-electron chi connectivity index (χ4n) is 1.91. The summed E-state index contributed by atoms with van der Waals surface area (Å²) in [5, 5.41) is 4.94. The lowest BCUT2D eigenvalue weighted by Gasteiger charge is -2.14. The first-order chi connectivity index (χ1) is 8.58. The molecular weight excluding hydrogens is 244 g/mol. The van der Waals surface area contributed by atoms with Gasteiger partial charge in [0.1, 0.15) is 6.33 Å². The monoisotopic (exact) mass is 262 g/mol. The number of benzene rings is 1. The van der Waals surface area contributed by atoms with E-state index in [4.69, 9.17) is 5.73 Å². The van der Waals surface area contributed by atoms with Crippen molar-refractivity contribution < 1.29 is 0 Å². The minimum atomic E-state index is 0.0206. The molecule has 1 aromatic carbocycles. The van der Waals surface area contributed by atoms with E-state index in [9.17, 15) is 0 Å². The molecule has 1 aromatic heterocycles. The van der Waals surface area contributed by atoms with Crippen molar-refractivity contribution in [3.63, 3.8) is 0 Å². The van der Waals surface area contributed by atoms with E-state index >= 15 is 0 Å². The van der Waals surface area contributed by atoms with Gasteiger partial charge in [0.25, 0.3) is 0 Å². The number of hydrogen-bond acceptors (Lipinski definition) is 4. The molecule has 1 atom stereocenters. The Morgan fingerprint density at radius 2 is 2.17 bits per heavy atom. The van der Waals surface area contributed by atoms with Crippen molar-refractivity contribution >= 4 is 11.8 Å². The SMILES string of the molecule is Cc1ccc(C(N)CSc2ncnn2C)c(C)c1. The van der Waals surface area contributed by atoms with Crippen molar-refractivity contribution in [3.8, 4) is 0 Å².